The summed E-state index contributed by atoms with van der Waals surface area (Å²) < 4.78 is 25.2. The van der Waals surface area contributed by atoms with Gasteiger partial charge in [-0.1, -0.05) is 35.2 Å². The van der Waals surface area contributed by atoms with E-state index < -0.39 is 17.7 Å². The van der Waals surface area contributed by atoms with E-state index in [0.29, 0.717) is 33.4 Å². The topological polar surface area (TPSA) is 122 Å². The summed E-state index contributed by atoms with van der Waals surface area (Å²) in [6, 6.07) is 13.2. The number of carbonyl (C=O) groups excluding carboxylic acids is 2. The van der Waals surface area contributed by atoms with Crippen LogP contribution in [0.25, 0.3) is 5.76 Å². The lowest BCUT2D eigenvalue weighted by Crippen LogP contribution is -2.29. The van der Waals surface area contributed by atoms with Crippen molar-refractivity contribution in [1.82, 2.24) is 10.2 Å². The van der Waals surface area contributed by atoms with Gasteiger partial charge in [0, 0.05) is 17.7 Å². The second-order valence-corrected chi connectivity index (χ2v) is 13.0. The molecule has 1 fully saturated rings. The molecule has 0 spiro atoms. The van der Waals surface area contributed by atoms with E-state index in [1.807, 2.05) is 6.92 Å². The number of aromatic hydroxyl groups is 1. The summed E-state index contributed by atoms with van der Waals surface area (Å²) in [5, 5.41) is 30.6. The Morgan fingerprint density at radius 2 is 1.95 bits per heavy atom. The molecule has 2 unspecified atom stereocenters. The number of phenols is 1. The predicted molar refractivity (Wildman–Crippen MR) is 163 cm³/mol. The van der Waals surface area contributed by atoms with Crippen LogP contribution < -0.4 is 14.4 Å². The van der Waals surface area contributed by atoms with Crippen LogP contribution >= 0.6 is 39.0 Å². The van der Waals surface area contributed by atoms with Crippen molar-refractivity contribution in [3.05, 3.63) is 92.7 Å². The molecule has 1 aromatic heterocycles. The number of aliphatic hydroxyl groups excluding tert-OH is 1. The number of fused-ring (bicyclic) bond motifs is 1. The zero-order valence-electron chi connectivity index (χ0n) is 22.7. The van der Waals surface area contributed by atoms with Crippen LogP contribution in [0.3, 0.4) is 0 Å². The molecule has 4 aromatic rings. The first-order chi connectivity index (χ1) is 20.6. The number of methoxy groups -OCH3 is 1. The van der Waals surface area contributed by atoms with E-state index in [-0.39, 0.29) is 44.4 Å². The Kier molecular flexibility index (Phi) is 7.88. The minimum Gasteiger partial charge on any atom is -0.507 e. The van der Waals surface area contributed by atoms with Crippen molar-refractivity contribution in [2.75, 3.05) is 12.0 Å². The van der Waals surface area contributed by atoms with Crippen molar-refractivity contribution in [3.8, 4) is 17.2 Å². The lowest BCUT2D eigenvalue weighted by Gasteiger charge is -2.23. The summed E-state index contributed by atoms with van der Waals surface area (Å²) in [6.07, 6.45) is 0.617. The summed E-state index contributed by atoms with van der Waals surface area (Å²) in [4.78, 5) is 28.4. The number of phenolic OH excluding ortho intramolecular Hbond substituents is 1. The van der Waals surface area contributed by atoms with E-state index in [1.165, 1.54) is 42.0 Å². The summed E-state index contributed by atoms with van der Waals surface area (Å²) in [6.45, 7) is 1.94. The highest BCUT2D eigenvalue weighted by molar-refractivity contribution is 9.10. The third-order valence-electron chi connectivity index (χ3n) is 7.08. The summed E-state index contributed by atoms with van der Waals surface area (Å²) in [5.74, 6) is -1.34. The molecule has 6 rings (SSSR count). The highest BCUT2D eigenvalue weighted by Crippen LogP contribution is 2.47. The van der Waals surface area contributed by atoms with Gasteiger partial charge in [0.15, 0.2) is 15.8 Å². The first-order valence-electron chi connectivity index (χ1n) is 13.0. The number of hydrogen-bond donors (Lipinski definition) is 2. The molecular weight excluding hydrogens is 661 g/mol. The maximum absolute atomic E-state index is 13.6. The highest BCUT2D eigenvalue weighted by atomic mass is 79.9. The van der Waals surface area contributed by atoms with Crippen LogP contribution in [0.2, 0.25) is 0 Å². The SMILES string of the molecule is COc1cc(C2/C(=C(\O)c3ccc4c(c3)CC(C)O4)C(=O)C(=O)N2c2nnc(SCc3ccc(F)cc3)s2)cc(Br)c1O. The van der Waals surface area contributed by atoms with Crippen LogP contribution in [0.4, 0.5) is 9.52 Å². The number of carbonyl (C=O) groups is 2. The van der Waals surface area contributed by atoms with Crippen LogP contribution in [0.15, 0.2) is 69.0 Å². The van der Waals surface area contributed by atoms with E-state index in [0.717, 1.165) is 22.5 Å². The van der Waals surface area contributed by atoms with E-state index >= 15 is 0 Å². The van der Waals surface area contributed by atoms with Crippen LogP contribution in [0.1, 0.15) is 35.2 Å². The molecule has 3 aromatic carbocycles. The van der Waals surface area contributed by atoms with Crippen LogP contribution in [-0.2, 0) is 21.8 Å². The number of rotatable bonds is 7. The number of Topliss-reactive ketones (excluding diaryl/α,β-unsaturated/α-hetero) is 1. The van der Waals surface area contributed by atoms with Crippen molar-refractivity contribution >= 4 is 61.6 Å². The molecule has 220 valence electrons. The standard InChI is InChI=1S/C30H23BrFN3O6S2/c1-14-9-17-10-16(5-8-21(17)41-14)25(36)23-24(18-11-20(31)26(37)22(12-18)40-2)35(28(39)27(23)38)29-33-34-30(43-29)42-13-15-3-6-19(32)7-4-15/h3-8,10-12,14,24,36-37H,9,13H2,1-2H3/b25-23+. The minimum absolute atomic E-state index is 0.0210. The van der Waals surface area contributed by atoms with Gasteiger partial charge in [-0.25, -0.2) is 4.39 Å². The van der Waals surface area contributed by atoms with Gasteiger partial charge in [-0.2, -0.15) is 0 Å². The lowest BCUT2D eigenvalue weighted by atomic mass is 9.94. The number of anilines is 1. The smallest absolute Gasteiger partial charge is 0.301 e. The van der Waals surface area contributed by atoms with Crippen LogP contribution in [0, 0.1) is 5.82 Å². The van der Waals surface area contributed by atoms with Crippen molar-refractivity contribution in [3.63, 3.8) is 0 Å². The first kappa shape index (κ1) is 29.1. The summed E-state index contributed by atoms with van der Waals surface area (Å²) in [5.41, 5.74) is 2.35. The molecule has 1 saturated heterocycles. The number of thioether (sulfide) groups is 1. The number of ketones is 1. The maximum Gasteiger partial charge on any atom is 0.301 e. The Morgan fingerprint density at radius 1 is 1.19 bits per heavy atom. The largest absolute Gasteiger partial charge is 0.507 e. The van der Waals surface area contributed by atoms with Gasteiger partial charge in [0.05, 0.1) is 23.2 Å². The average Bonchev–Trinajstić information content (AvgIpc) is 3.68. The number of benzene rings is 3. The fourth-order valence-corrected chi connectivity index (χ4v) is 7.34. The van der Waals surface area contributed by atoms with Gasteiger partial charge in [-0.05, 0) is 82.0 Å². The van der Waals surface area contributed by atoms with Crippen molar-refractivity contribution in [2.24, 2.45) is 0 Å². The summed E-state index contributed by atoms with van der Waals surface area (Å²) >= 11 is 5.78. The van der Waals surface area contributed by atoms with E-state index in [2.05, 4.69) is 26.1 Å². The first-order valence-corrected chi connectivity index (χ1v) is 15.6. The predicted octanol–water partition coefficient (Wildman–Crippen LogP) is 6.40. The molecule has 43 heavy (non-hydrogen) atoms. The Hall–Kier alpha value is -3.94. The summed E-state index contributed by atoms with van der Waals surface area (Å²) in [7, 11) is 1.38. The van der Waals surface area contributed by atoms with E-state index in [1.54, 1.807) is 36.4 Å². The van der Waals surface area contributed by atoms with Crippen molar-refractivity contribution in [1.29, 1.82) is 0 Å². The Balaban J connectivity index is 1.43. The molecule has 9 nitrogen and oxygen atoms in total. The van der Waals surface area contributed by atoms with Crippen LogP contribution in [-0.4, -0.2) is 45.3 Å². The Bertz CT molecular complexity index is 1800. The zero-order valence-corrected chi connectivity index (χ0v) is 25.9. The van der Waals surface area contributed by atoms with Gasteiger partial charge in [-0.3, -0.25) is 14.5 Å². The van der Waals surface area contributed by atoms with Gasteiger partial charge >= 0.3 is 5.91 Å². The number of nitrogens with zero attached hydrogens (tertiary/aromatic N) is 3. The quantitative estimate of drug-likeness (QED) is 0.0750. The molecule has 13 heteroatoms. The average molecular weight is 685 g/mol. The minimum atomic E-state index is -1.11. The molecule has 0 radical (unpaired) electrons. The Morgan fingerprint density at radius 3 is 2.70 bits per heavy atom. The van der Waals surface area contributed by atoms with E-state index in [4.69, 9.17) is 9.47 Å². The van der Waals surface area contributed by atoms with Crippen molar-refractivity contribution in [2.45, 2.75) is 35.6 Å². The molecule has 2 N–H and O–H groups in total. The molecule has 0 aliphatic carbocycles. The molecule has 0 bridgehead atoms. The molecule has 1 amide bonds. The van der Waals surface area contributed by atoms with Crippen LogP contribution in [0.5, 0.6) is 17.2 Å². The number of aliphatic hydroxyl groups is 1. The van der Waals surface area contributed by atoms with Gasteiger partial charge in [0.2, 0.25) is 5.13 Å². The van der Waals surface area contributed by atoms with Crippen molar-refractivity contribution < 1.29 is 33.7 Å². The molecule has 2 aliphatic rings. The highest BCUT2D eigenvalue weighted by Gasteiger charge is 2.49. The third kappa shape index (κ3) is 5.48. The second-order valence-electron chi connectivity index (χ2n) is 9.94. The van der Waals surface area contributed by atoms with Gasteiger partial charge < -0.3 is 19.7 Å². The van der Waals surface area contributed by atoms with Gasteiger partial charge in [-0.15, -0.1) is 10.2 Å². The molecule has 2 aliphatic heterocycles. The monoisotopic (exact) mass is 683 g/mol. The maximum atomic E-state index is 13.6. The number of amides is 1. The molecule has 2 atom stereocenters. The second kappa shape index (κ2) is 11.6. The fourth-order valence-electron chi connectivity index (χ4n) is 5.06. The number of hydrogen-bond acceptors (Lipinski definition) is 10. The van der Waals surface area contributed by atoms with Gasteiger partial charge in [0.25, 0.3) is 5.78 Å². The Labute approximate surface area is 262 Å². The molecule has 0 saturated carbocycles. The third-order valence-corrected chi connectivity index (χ3v) is 9.81. The number of ether oxygens (including phenoxy) is 2. The number of aromatic nitrogens is 2. The normalized spacial score (nSPS) is 19.0. The number of halogens is 2. The van der Waals surface area contributed by atoms with E-state index in [9.17, 15) is 24.2 Å². The molecular formula is C30H23BrFN3O6S2. The lowest BCUT2D eigenvalue weighted by molar-refractivity contribution is -0.132. The fraction of sp³-hybridized carbons (Fsp3) is 0.200. The molecule has 3 heterocycles. The zero-order chi connectivity index (χ0) is 30.4. The van der Waals surface area contributed by atoms with Gasteiger partial charge in [0.1, 0.15) is 23.4 Å².